The van der Waals surface area contributed by atoms with Gasteiger partial charge in [-0.1, -0.05) is 0 Å². The number of anilines is 1. The Kier molecular flexibility index (Phi) is 3.71. The Labute approximate surface area is 125 Å². The standard InChI is InChI=1S/C13H17BrN4S/c1-19-10-4-2-9(3-5-10)18-12-11(17-13(18)15)6-8(14)7-16-12/h6-7,9-10H,2-5H2,1H3,(H2,15,17). The molecule has 6 heteroatoms. The van der Waals surface area contributed by atoms with Crippen molar-refractivity contribution in [2.45, 2.75) is 37.0 Å². The fourth-order valence-electron chi connectivity index (χ4n) is 2.87. The summed E-state index contributed by atoms with van der Waals surface area (Å²) in [6.45, 7) is 0. The minimum absolute atomic E-state index is 0.446. The number of nitrogens with two attached hydrogens (primary N) is 1. The number of pyridine rings is 1. The maximum atomic E-state index is 6.09. The normalized spacial score (nSPS) is 23.9. The topological polar surface area (TPSA) is 56.7 Å². The Morgan fingerprint density at radius 3 is 2.79 bits per heavy atom. The molecule has 102 valence electrons. The van der Waals surface area contributed by atoms with E-state index in [0.29, 0.717) is 12.0 Å². The lowest BCUT2D eigenvalue weighted by Crippen LogP contribution is -2.20. The lowest BCUT2D eigenvalue weighted by molar-refractivity contribution is 0.368. The van der Waals surface area contributed by atoms with Crippen molar-refractivity contribution in [3.8, 4) is 0 Å². The number of aromatic nitrogens is 3. The Morgan fingerprint density at radius 2 is 2.11 bits per heavy atom. The van der Waals surface area contributed by atoms with E-state index in [2.05, 4.69) is 36.7 Å². The van der Waals surface area contributed by atoms with Gasteiger partial charge in [-0.15, -0.1) is 0 Å². The predicted molar refractivity (Wildman–Crippen MR) is 84.4 cm³/mol. The van der Waals surface area contributed by atoms with Gasteiger partial charge in [-0.3, -0.25) is 4.57 Å². The maximum Gasteiger partial charge on any atom is 0.202 e. The molecule has 0 saturated heterocycles. The molecule has 0 atom stereocenters. The second-order valence-electron chi connectivity index (χ2n) is 5.00. The number of hydrogen-bond acceptors (Lipinski definition) is 4. The molecule has 2 aromatic rings. The summed E-state index contributed by atoms with van der Waals surface area (Å²) < 4.78 is 3.06. The second kappa shape index (κ2) is 5.32. The third-order valence-corrected chi connectivity index (χ3v) is 5.44. The number of hydrogen-bond donors (Lipinski definition) is 1. The highest BCUT2D eigenvalue weighted by Crippen LogP contribution is 2.36. The molecular weight excluding hydrogens is 324 g/mol. The lowest BCUT2D eigenvalue weighted by atomic mass is 9.95. The number of rotatable bonds is 2. The van der Waals surface area contributed by atoms with E-state index >= 15 is 0 Å². The molecule has 0 aromatic carbocycles. The molecule has 1 aliphatic rings. The highest BCUT2D eigenvalue weighted by molar-refractivity contribution is 9.10. The van der Waals surface area contributed by atoms with Crippen molar-refractivity contribution < 1.29 is 0 Å². The molecular formula is C13H17BrN4S. The summed E-state index contributed by atoms with van der Waals surface area (Å²) >= 11 is 5.40. The quantitative estimate of drug-likeness (QED) is 0.906. The smallest absolute Gasteiger partial charge is 0.202 e. The summed E-state index contributed by atoms with van der Waals surface area (Å²) in [5, 5.41) is 0.800. The minimum Gasteiger partial charge on any atom is -0.369 e. The molecule has 2 N–H and O–H groups in total. The number of halogens is 1. The van der Waals surface area contributed by atoms with E-state index in [4.69, 9.17) is 5.73 Å². The average Bonchev–Trinajstić information content (AvgIpc) is 2.74. The van der Waals surface area contributed by atoms with Gasteiger partial charge in [0.15, 0.2) is 5.65 Å². The van der Waals surface area contributed by atoms with E-state index in [9.17, 15) is 0 Å². The number of fused-ring (bicyclic) bond motifs is 1. The van der Waals surface area contributed by atoms with Crippen LogP contribution in [0.5, 0.6) is 0 Å². The molecule has 4 nitrogen and oxygen atoms in total. The van der Waals surface area contributed by atoms with E-state index in [1.165, 1.54) is 25.7 Å². The van der Waals surface area contributed by atoms with Crippen molar-refractivity contribution in [3.05, 3.63) is 16.7 Å². The van der Waals surface area contributed by atoms with Gasteiger partial charge in [0, 0.05) is 22.0 Å². The fraction of sp³-hybridized carbons (Fsp3) is 0.538. The van der Waals surface area contributed by atoms with Crippen LogP contribution in [0.2, 0.25) is 0 Å². The van der Waals surface area contributed by atoms with Crippen molar-refractivity contribution in [3.63, 3.8) is 0 Å². The first-order valence-corrected chi connectivity index (χ1v) is 8.59. The molecule has 2 heterocycles. The van der Waals surface area contributed by atoms with Crippen molar-refractivity contribution >= 4 is 44.8 Å². The van der Waals surface area contributed by atoms with Crippen LogP contribution in [0.4, 0.5) is 5.95 Å². The second-order valence-corrected chi connectivity index (χ2v) is 7.06. The van der Waals surface area contributed by atoms with E-state index < -0.39 is 0 Å². The lowest BCUT2D eigenvalue weighted by Gasteiger charge is -2.28. The van der Waals surface area contributed by atoms with Crippen LogP contribution in [0.15, 0.2) is 16.7 Å². The summed E-state index contributed by atoms with van der Waals surface area (Å²) in [4.78, 5) is 8.92. The number of thioether (sulfide) groups is 1. The Bertz CT molecular complexity index is 590. The van der Waals surface area contributed by atoms with Crippen LogP contribution in [0, 0.1) is 0 Å². The molecule has 1 aliphatic carbocycles. The van der Waals surface area contributed by atoms with Gasteiger partial charge in [0.2, 0.25) is 5.95 Å². The third kappa shape index (κ3) is 2.48. The van der Waals surface area contributed by atoms with Crippen LogP contribution in [0.1, 0.15) is 31.7 Å². The van der Waals surface area contributed by atoms with Crippen LogP contribution in [0.3, 0.4) is 0 Å². The minimum atomic E-state index is 0.446. The highest BCUT2D eigenvalue weighted by atomic mass is 79.9. The molecule has 0 radical (unpaired) electrons. The fourth-order valence-corrected chi connectivity index (χ4v) is 3.94. The molecule has 0 bridgehead atoms. The van der Waals surface area contributed by atoms with Gasteiger partial charge in [-0.05, 0) is 53.9 Å². The molecule has 3 rings (SSSR count). The molecule has 0 amide bonds. The van der Waals surface area contributed by atoms with Crippen molar-refractivity contribution in [2.75, 3.05) is 12.0 Å². The number of nitrogen functional groups attached to an aromatic ring is 1. The molecule has 0 aliphatic heterocycles. The van der Waals surface area contributed by atoms with E-state index in [1.54, 1.807) is 0 Å². The first kappa shape index (κ1) is 13.2. The molecule has 0 spiro atoms. The van der Waals surface area contributed by atoms with Crippen LogP contribution in [-0.4, -0.2) is 26.0 Å². The van der Waals surface area contributed by atoms with E-state index in [-0.39, 0.29) is 0 Å². The van der Waals surface area contributed by atoms with Crippen molar-refractivity contribution in [1.82, 2.24) is 14.5 Å². The molecule has 0 unspecified atom stereocenters. The van der Waals surface area contributed by atoms with Crippen LogP contribution < -0.4 is 5.73 Å². The predicted octanol–water partition coefficient (Wildman–Crippen LogP) is 3.62. The van der Waals surface area contributed by atoms with Crippen LogP contribution >= 0.6 is 27.7 Å². The van der Waals surface area contributed by atoms with E-state index in [1.807, 2.05) is 24.0 Å². The van der Waals surface area contributed by atoms with Crippen LogP contribution in [-0.2, 0) is 0 Å². The maximum absolute atomic E-state index is 6.09. The van der Waals surface area contributed by atoms with Gasteiger partial charge in [0.25, 0.3) is 0 Å². The van der Waals surface area contributed by atoms with Gasteiger partial charge < -0.3 is 5.73 Å². The SMILES string of the molecule is CSC1CCC(n2c(N)nc3cc(Br)cnc32)CC1. The monoisotopic (exact) mass is 340 g/mol. The highest BCUT2D eigenvalue weighted by Gasteiger charge is 2.25. The summed E-state index contributed by atoms with van der Waals surface area (Å²) in [5.74, 6) is 0.591. The first-order chi connectivity index (χ1) is 9.19. The zero-order valence-electron chi connectivity index (χ0n) is 10.8. The zero-order chi connectivity index (χ0) is 13.4. The Hall–Kier alpha value is -0.750. The molecule has 1 saturated carbocycles. The van der Waals surface area contributed by atoms with Crippen molar-refractivity contribution in [1.29, 1.82) is 0 Å². The Balaban J connectivity index is 1.94. The average molecular weight is 341 g/mol. The van der Waals surface area contributed by atoms with Gasteiger partial charge >= 0.3 is 0 Å². The van der Waals surface area contributed by atoms with Gasteiger partial charge in [0.1, 0.15) is 5.52 Å². The van der Waals surface area contributed by atoms with Crippen LogP contribution in [0.25, 0.3) is 11.2 Å². The summed E-state index contributed by atoms with van der Waals surface area (Å²) in [5.41, 5.74) is 7.88. The number of imidazole rings is 1. The summed E-state index contributed by atoms with van der Waals surface area (Å²) in [6, 6.07) is 2.42. The van der Waals surface area contributed by atoms with E-state index in [0.717, 1.165) is 20.9 Å². The largest absolute Gasteiger partial charge is 0.369 e. The zero-order valence-corrected chi connectivity index (χ0v) is 13.2. The molecule has 19 heavy (non-hydrogen) atoms. The molecule has 1 fully saturated rings. The van der Waals surface area contributed by atoms with Gasteiger partial charge in [-0.25, -0.2) is 9.97 Å². The number of nitrogens with zero attached hydrogens (tertiary/aromatic N) is 3. The molecule has 2 aromatic heterocycles. The Morgan fingerprint density at radius 1 is 1.37 bits per heavy atom. The van der Waals surface area contributed by atoms with Gasteiger partial charge in [0.05, 0.1) is 0 Å². The third-order valence-electron chi connectivity index (χ3n) is 3.87. The van der Waals surface area contributed by atoms with Crippen molar-refractivity contribution in [2.24, 2.45) is 0 Å². The van der Waals surface area contributed by atoms with Gasteiger partial charge in [-0.2, -0.15) is 11.8 Å². The first-order valence-electron chi connectivity index (χ1n) is 6.51. The summed E-state index contributed by atoms with van der Waals surface area (Å²) in [7, 11) is 0. The summed E-state index contributed by atoms with van der Waals surface area (Å²) in [6.07, 6.45) is 8.85.